The van der Waals surface area contributed by atoms with Gasteiger partial charge >= 0.3 is 5.97 Å². The first-order valence-electron chi connectivity index (χ1n) is 10.3. The minimum absolute atomic E-state index is 0.00122. The molecule has 0 amide bonds. The number of hydrogen-bond donors (Lipinski definition) is 2. The zero-order valence-corrected chi connectivity index (χ0v) is 16.3. The Bertz CT molecular complexity index is 739. The number of fused-ring (bicyclic) bond motifs is 5. The summed E-state index contributed by atoms with van der Waals surface area (Å²) in [7, 11) is 0. The molecule has 4 rings (SSSR count). The molecule has 0 bridgehead atoms. The molecular formula is C22H30O5. The number of carbonyl (C=O) groups excluding carboxylic acids is 2. The Balaban J connectivity index is 1.76. The van der Waals surface area contributed by atoms with Crippen molar-refractivity contribution in [1.29, 1.82) is 0 Å². The fraction of sp³-hybridized carbons (Fsp3) is 0.773. The van der Waals surface area contributed by atoms with Gasteiger partial charge in [0.15, 0.2) is 5.78 Å². The number of Topliss-reactive ketones (excluding diaryl/α,β-unsaturated/α-hetero) is 1. The molecule has 2 N–H and O–H groups in total. The van der Waals surface area contributed by atoms with Crippen LogP contribution in [0.5, 0.6) is 0 Å². The van der Waals surface area contributed by atoms with Gasteiger partial charge in [-0.05, 0) is 74.7 Å². The van der Waals surface area contributed by atoms with E-state index in [1.165, 1.54) is 0 Å². The van der Waals surface area contributed by atoms with Crippen LogP contribution >= 0.6 is 0 Å². The lowest BCUT2D eigenvalue weighted by atomic mass is 9.44. The summed E-state index contributed by atoms with van der Waals surface area (Å²) < 4.78 is 0. The molecule has 0 spiro atoms. The molecule has 4 aliphatic carbocycles. The maximum absolute atomic E-state index is 12.6. The van der Waals surface area contributed by atoms with Crippen LogP contribution in [0, 0.1) is 28.6 Å². The molecule has 3 saturated carbocycles. The van der Waals surface area contributed by atoms with E-state index in [-0.39, 0.29) is 41.2 Å². The quantitative estimate of drug-likeness (QED) is 0.791. The minimum atomic E-state index is -0.996. The van der Waals surface area contributed by atoms with E-state index in [1.807, 2.05) is 6.92 Å². The first kappa shape index (κ1) is 18.9. The third-order valence-corrected chi connectivity index (χ3v) is 8.73. The topological polar surface area (TPSA) is 91.7 Å². The lowest BCUT2D eigenvalue weighted by Gasteiger charge is -2.61. The summed E-state index contributed by atoms with van der Waals surface area (Å²) in [4.78, 5) is 36.0. The average Bonchev–Trinajstić information content (AvgIpc) is 2.85. The molecule has 0 aromatic carbocycles. The predicted octanol–water partition coefficient (Wildman–Crippen LogP) is 3.29. The van der Waals surface area contributed by atoms with E-state index in [0.29, 0.717) is 38.5 Å². The van der Waals surface area contributed by atoms with Crippen molar-refractivity contribution in [2.45, 2.75) is 77.2 Å². The molecular weight excluding hydrogens is 344 g/mol. The summed E-state index contributed by atoms with van der Waals surface area (Å²) in [5.41, 5.74) is -0.737. The van der Waals surface area contributed by atoms with E-state index < -0.39 is 17.0 Å². The molecule has 0 radical (unpaired) electrons. The molecule has 6 atom stereocenters. The number of allylic oxidation sites excluding steroid dienone is 1. The molecule has 148 valence electrons. The van der Waals surface area contributed by atoms with E-state index >= 15 is 0 Å². The molecule has 5 heteroatoms. The average molecular weight is 374 g/mol. The van der Waals surface area contributed by atoms with Gasteiger partial charge < -0.3 is 10.2 Å². The Morgan fingerprint density at radius 1 is 1.15 bits per heavy atom. The van der Waals surface area contributed by atoms with Crippen molar-refractivity contribution < 1.29 is 24.6 Å². The number of aliphatic carboxylic acids is 1. The first-order chi connectivity index (χ1) is 12.6. The third-order valence-electron chi connectivity index (χ3n) is 8.73. The Kier molecular flexibility index (Phi) is 4.19. The van der Waals surface area contributed by atoms with E-state index in [2.05, 4.69) is 6.92 Å². The summed E-state index contributed by atoms with van der Waals surface area (Å²) >= 11 is 0. The van der Waals surface area contributed by atoms with E-state index in [4.69, 9.17) is 0 Å². The third kappa shape index (κ3) is 2.50. The second-order valence-corrected chi connectivity index (χ2v) is 9.78. The molecule has 5 nitrogen and oxygen atoms in total. The SMILES string of the molecule is C[C@]12CCC(=O)C=C1C(CCC(=O)O)C[C@@H]1[C@@H]2CC[C@]2(C)C(=O)CC[C@@]12O. The largest absolute Gasteiger partial charge is 0.481 e. The van der Waals surface area contributed by atoms with Gasteiger partial charge in [-0.3, -0.25) is 14.4 Å². The second kappa shape index (κ2) is 6.00. The smallest absolute Gasteiger partial charge is 0.303 e. The highest BCUT2D eigenvalue weighted by Gasteiger charge is 2.67. The fourth-order valence-corrected chi connectivity index (χ4v) is 7.07. The van der Waals surface area contributed by atoms with Gasteiger partial charge in [0.1, 0.15) is 5.78 Å². The molecule has 27 heavy (non-hydrogen) atoms. The molecule has 4 aliphatic rings. The van der Waals surface area contributed by atoms with Crippen LogP contribution in [0.2, 0.25) is 0 Å². The van der Waals surface area contributed by atoms with Crippen LogP contribution in [-0.2, 0) is 14.4 Å². The lowest BCUT2D eigenvalue weighted by molar-refractivity contribution is -0.183. The summed E-state index contributed by atoms with van der Waals surface area (Å²) in [6.07, 6.45) is 6.87. The molecule has 0 heterocycles. The summed E-state index contributed by atoms with van der Waals surface area (Å²) in [5.74, 6) is -0.269. The Labute approximate surface area is 160 Å². The van der Waals surface area contributed by atoms with Crippen LogP contribution in [0.15, 0.2) is 11.6 Å². The number of carboxylic acids is 1. The Morgan fingerprint density at radius 3 is 2.59 bits per heavy atom. The zero-order valence-electron chi connectivity index (χ0n) is 16.3. The van der Waals surface area contributed by atoms with Gasteiger partial charge in [-0.2, -0.15) is 0 Å². The van der Waals surface area contributed by atoms with Gasteiger partial charge in [-0.25, -0.2) is 0 Å². The maximum atomic E-state index is 12.6. The summed E-state index contributed by atoms with van der Waals surface area (Å²) in [5, 5.41) is 20.9. The van der Waals surface area contributed by atoms with Gasteiger partial charge in [-0.1, -0.05) is 12.5 Å². The van der Waals surface area contributed by atoms with Crippen LogP contribution in [-0.4, -0.2) is 33.3 Å². The van der Waals surface area contributed by atoms with Crippen molar-refractivity contribution in [3.05, 3.63) is 11.6 Å². The normalized spacial score (nSPS) is 46.3. The second-order valence-electron chi connectivity index (χ2n) is 9.78. The highest BCUT2D eigenvalue weighted by atomic mass is 16.4. The molecule has 0 saturated heterocycles. The van der Waals surface area contributed by atoms with Crippen molar-refractivity contribution in [3.8, 4) is 0 Å². The van der Waals surface area contributed by atoms with Gasteiger partial charge in [0.2, 0.25) is 0 Å². The molecule has 3 fully saturated rings. The molecule has 0 aromatic rings. The van der Waals surface area contributed by atoms with Crippen molar-refractivity contribution >= 4 is 17.5 Å². The fourth-order valence-electron chi connectivity index (χ4n) is 7.07. The molecule has 1 unspecified atom stereocenters. The first-order valence-corrected chi connectivity index (χ1v) is 10.3. The summed E-state index contributed by atoms with van der Waals surface area (Å²) in [6, 6.07) is 0. The van der Waals surface area contributed by atoms with Gasteiger partial charge in [0.05, 0.1) is 11.0 Å². The predicted molar refractivity (Wildman–Crippen MR) is 98.9 cm³/mol. The number of ketones is 2. The van der Waals surface area contributed by atoms with Crippen molar-refractivity contribution in [2.75, 3.05) is 0 Å². The number of hydrogen-bond acceptors (Lipinski definition) is 4. The van der Waals surface area contributed by atoms with Crippen LogP contribution in [0.4, 0.5) is 0 Å². The van der Waals surface area contributed by atoms with Crippen LogP contribution in [0.1, 0.15) is 71.6 Å². The van der Waals surface area contributed by atoms with Crippen LogP contribution < -0.4 is 0 Å². The van der Waals surface area contributed by atoms with Crippen LogP contribution in [0.25, 0.3) is 0 Å². The van der Waals surface area contributed by atoms with Crippen LogP contribution in [0.3, 0.4) is 0 Å². The van der Waals surface area contributed by atoms with Crippen molar-refractivity contribution in [2.24, 2.45) is 28.6 Å². The number of carboxylic acid groups (broad SMARTS) is 1. The maximum Gasteiger partial charge on any atom is 0.303 e. The highest BCUT2D eigenvalue weighted by Crippen LogP contribution is 2.67. The number of carbonyl (C=O) groups is 3. The molecule has 0 aromatic heterocycles. The lowest BCUT2D eigenvalue weighted by Crippen LogP contribution is -2.62. The zero-order chi connectivity index (χ0) is 19.6. The summed E-state index contributed by atoms with van der Waals surface area (Å²) in [6.45, 7) is 4.14. The van der Waals surface area contributed by atoms with Crippen molar-refractivity contribution in [3.63, 3.8) is 0 Å². The van der Waals surface area contributed by atoms with Crippen molar-refractivity contribution in [1.82, 2.24) is 0 Å². The van der Waals surface area contributed by atoms with Gasteiger partial charge in [-0.15, -0.1) is 0 Å². The number of aliphatic hydroxyl groups is 1. The Morgan fingerprint density at radius 2 is 1.89 bits per heavy atom. The van der Waals surface area contributed by atoms with Gasteiger partial charge in [0.25, 0.3) is 0 Å². The highest BCUT2D eigenvalue weighted by molar-refractivity contribution is 5.92. The monoisotopic (exact) mass is 374 g/mol. The van der Waals surface area contributed by atoms with E-state index in [1.54, 1.807) is 6.08 Å². The molecule has 0 aliphatic heterocycles. The number of rotatable bonds is 3. The van der Waals surface area contributed by atoms with E-state index in [9.17, 15) is 24.6 Å². The van der Waals surface area contributed by atoms with Gasteiger partial charge in [0, 0.05) is 19.3 Å². The Hall–Kier alpha value is -1.49. The minimum Gasteiger partial charge on any atom is -0.481 e. The van der Waals surface area contributed by atoms with E-state index in [0.717, 1.165) is 18.4 Å². The standard InChI is InChI=1S/C22H30O5/c1-20-8-5-14(23)12-16(20)13(3-4-19(25)26)11-17-15(20)6-9-21(2)18(24)7-10-22(17,21)27/h12-13,15,17,27H,3-11H2,1-2H3,(H,25,26)/t13?,15-,17+,20+,21+,22+/m0/s1.